The lowest BCUT2D eigenvalue weighted by Crippen LogP contribution is -2.46. The number of hydrogen-bond donors (Lipinski definition) is 1. The molecule has 2 aromatic heterocycles. The molecule has 7 nitrogen and oxygen atoms in total. The van der Waals surface area contributed by atoms with Crippen molar-refractivity contribution in [1.82, 2.24) is 24.4 Å². The average Bonchev–Trinajstić information content (AvgIpc) is 2.81. The Hall–Kier alpha value is -1.51. The number of rotatable bonds is 3. The molecule has 1 atom stereocenters. The quantitative estimate of drug-likeness (QED) is 0.897. The van der Waals surface area contributed by atoms with Gasteiger partial charge in [0, 0.05) is 37.8 Å². The molecule has 0 saturated carbocycles. The van der Waals surface area contributed by atoms with Crippen molar-refractivity contribution in [1.29, 1.82) is 0 Å². The SMILES string of the molecule is CNC1CCCN(S(=O)(=O)c2cnc3c(c2)c(C)nn3C)C1. The van der Waals surface area contributed by atoms with E-state index in [-0.39, 0.29) is 10.9 Å². The smallest absolute Gasteiger partial charge is 0.244 e. The molecule has 2 aromatic rings. The van der Waals surface area contributed by atoms with Gasteiger partial charge in [-0.05, 0) is 32.9 Å². The third-order valence-electron chi connectivity index (χ3n) is 4.27. The first-order valence-corrected chi connectivity index (χ1v) is 8.84. The third-order valence-corrected chi connectivity index (χ3v) is 6.10. The van der Waals surface area contributed by atoms with E-state index in [0.717, 1.165) is 23.9 Å². The molecule has 8 heteroatoms. The second kappa shape index (κ2) is 5.60. The predicted octanol–water partition coefficient (Wildman–Crippen LogP) is 0.649. The van der Waals surface area contributed by atoms with Crippen LogP contribution in [0, 0.1) is 6.92 Å². The van der Waals surface area contributed by atoms with Gasteiger partial charge in [0.2, 0.25) is 10.0 Å². The molecule has 1 aliphatic heterocycles. The minimum absolute atomic E-state index is 0.209. The molecule has 0 spiro atoms. The molecule has 0 bridgehead atoms. The highest BCUT2D eigenvalue weighted by Crippen LogP contribution is 2.24. The van der Waals surface area contributed by atoms with Crippen molar-refractivity contribution < 1.29 is 8.42 Å². The van der Waals surface area contributed by atoms with Crippen molar-refractivity contribution in [2.75, 3.05) is 20.1 Å². The number of sulfonamides is 1. The summed E-state index contributed by atoms with van der Waals surface area (Å²) in [5.74, 6) is 0. The molecule has 1 fully saturated rings. The predicted molar refractivity (Wildman–Crippen MR) is 84.1 cm³/mol. The fourth-order valence-corrected chi connectivity index (χ4v) is 4.47. The molecule has 22 heavy (non-hydrogen) atoms. The summed E-state index contributed by atoms with van der Waals surface area (Å²) in [4.78, 5) is 4.52. The van der Waals surface area contributed by atoms with Crippen LogP contribution in [0.1, 0.15) is 18.5 Å². The highest BCUT2D eigenvalue weighted by Gasteiger charge is 2.30. The molecule has 3 rings (SSSR count). The zero-order valence-corrected chi connectivity index (χ0v) is 13.9. The van der Waals surface area contributed by atoms with Crippen molar-refractivity contribution in [2.45, 2.75) is 30.7 Å². The van der Waals surface area contributed by atoms with Crippen LogP contribution in [0.15, 0.2) is 17.2 Å². The van der Waals surface area contributed by atoms with E-state index in [1.807, 2.05) is 14.0 Å². The Labute approximate surface area is 130 Å². The normalized spacial score (nSPS) is 20.6. The van der Waals surface area contributed by atoms with Crippen molar-refractivity contribution in [3.63, 3.8) is 0 Å². The first-order valence-electron chi connectivity index (χ1n) is 7.40. The number of nitrogens with one attached hydrogen (secondary N) is 1. The average molecular weight is 323 g/mol. The van der Waals surface area contributed by atoms with Crippen LogP contribution < -0.4 is 5.32 Å². The van der Waals surface area contributed by atoms with Gasteiger partial charge in [0.15, 0.2) is 5.65 Å². The largest absolute Gasteiger partial charge is 0.316 e. The van der Waals surface area contributed by atoms with Crippen LogP contribution in [0.2, 0.25) is 0 Å². The van der Waals surface area contributed by atoms with Crippen molar-refractivity contribution in [3.05, 3.63) is 18.0 Å². The Morgan fingerprint density at radius 3 is 2.91 bits per heavy atom. The monoisotopic (exact) mass is 323 g/mol. The van der Waals surface area contributed by atoms with E-state index in [1.54, 1.807) is 22.1 Å². The maximum absolute atomic E-state index is 12.8. The molecule has 1 N–H and O–H groups in total. The number of hydrogen-bond acceptors (Lipinski definition) is 5. The van der Waals surface area contributed by atoms with Gasteiger partial charge in [-0.1, -0.05) is 0 Å². The lowest BCUT2D eigenvalue weighted by Gasteiger charge is -2.31. The first-order chi connectivity index (χ1) is 10.4. The molecule has 0 aromatic carbocycles. The van der Waals surface area contributed by atoms with Gasteiger partial charge in [0.05, 0.1) is 5.69 Å². The van der Waals surface area contributed by atoms with E-state index in [4.69, 9.17) is 0 Å². The van der Waals surface area contributed by atoms with Gasteiger partial charge in [-0.15, -0.1) is 0 Å². The summed E-state index contributed by atoms with van der Waals surface area (Å²) in [5, 5.41) is 8.23. The number of nitrogens with zero attached hydrogens (tertiary/aromatic N) is 4. The minimum Gasteiger partial charge on any atom is -0.316 e. The minimum atomic E-state index is -3.51. The van der Waals surface area contributed by atoms with Crippen LogP contribution in [0.3, 0.4) is 0 Å². The molecule has 0 amide bonds. The van der Waals surface area contributed by atoms with E-state index in [0.29, 0.717) is 18.7 Å². The van der Waals surface area contributed by atoms with E-state index < -0.39 is 10.0 Å². The van der Waals surface area contributed by atoms with Gasteiger partial charge in [-0.3, -0.25) is 4.68 Å². The molecule has 0 radical (unpaired) electrons. The van der Waals surface area contributed by atoms with Crippen LogP contribution in [0.25, 0.3) is 11.0 Å². The van der Waals surface area contributed by atoms with Crippen LogP contribution in [0.4, 0.5) is 0 Å². The second-order valence-electron chi connectivity index (χ2n) is 5.74. The molecule has 0 aliphatic carbocycles. The molecule has 120 valence electrons. The Kier molecular flexibility index (Phi) is 3.92. The van der Waals surface area contributed by atoms with Gasteiger partial charge in [0.1, 0.15) is 4.90 Å². The Bertz CT molecular complexity index is 799. The number of aryl methyl sites for hydroxylation is 2. The van der Waals surface area contributed by atoms with E-state index in [1.165, 1.54) is 6.20 Å². The molecular formula is C14H21N5O2S. The summed E-state index contributed by atoms with van der Waals surface area (Å²) in [7, 11) is 0.162. The number of likely N-dealkylation sites (N-methyl/N-ethyl adjacent to an activating group) is 1. The summed E-state index contributed by atoms with van der Waals surface area (Å²) >= 11 is 0. The maximum Gasteiger partial charge on any atom is 0.244 e. The maximum atomic E-state index is 12.8. The van der Waals surface area contributed by atoms with Crippen LogP contribution in [-0.2, 0) is 17.1 Å². The fraction of sp³-hybridized carbons (Fsp3) is 0.571. The van der Waals surface area contributed by atoms with Crippen LogP contribution >= 0.6 is 0 Å². The van der Waals surface area contributed by atoms with Crippen LogP contribution in [-0.4, -0.2) is 53.7 Å². The number of piperidine rings is 1. The van der Waals surface area contributed by atoms with Crippen LogP contribution in [0.5, 0.6) is 0 Å². The van der Waals surface area contributed by atoms with Gasteiger partial charge < -0.3 is 5.32 Å². The zero-order valence-electron chi connectivity index (χ0n) is 13.1. The number of aromatic nitrogens is 3. The first kappa shape index (κ1) is 15.4. The topological polar surface area (TPSA) is 80.1 Å². The molecule has 1 saturated heterocycles. The summed E-state index contributed by atoms with van der Waals surface area (Å²) in [6, 6.07) is 1.89. The second-order valence-corrected chi connectivity index (χ2v) is 7.68. The zero-order chi connectivity index (χ0) is 15.9. The Balaban J connectivity index is 2.00. The molecule has 1 unspecified atom stereocenters. The van der Waals surface area contributed by atoms with Gasteiger partial charge in [-0.2, -0.15) is 9.40 Å². The number of fused-ring (bicyclic) bond motifs is 1. The van der Waals surface area contributed by atoms with Gasteiger partial charge in [0.25, 0.3) is 0 Å². The van der Waals surface area contributed by atoms with E-state index in [2.05, 4.69) is 15.4 Å². The number of pyridine rings is 1. The van der Waals surface area contributed by atoms with Crippen molar-refractivity contribution in [3.8, 4) is 0 Å². The Morgan fingerprint density at radius 2 is 2.18 bits per heavy atom. The fourth-order valence-electron chi connectivity index (χ4n) is 2.98. The molecule has 1 aliphatic rings. The van der Waals surface area contributed by atoms with Gasteiger partial charge in [-0.25, -0.2) is 13.4 Å². The van der Waals surface area contributed by atoms with Gasteiger partial charge >= 0.3 is 0 Å². The lowest BCUT2D eigenvalue weighted by molar-refractivity contribution is 0.293. The standard InChI is InChI=1S/C14H21N5O2S/c1-10-13-7-12(8-16-14(13)18(3)17-10)22(20,21)19-6-4-5-11(9-19)15-2/h7-8,11,15H,4-6,9H2,1-3H3. The van der Waals surface area contributed by atoms with E-state index in [9.17, 15) is 8.42 Å². The summed E-state index contributed by atoms with van der Waals surface area (Å²) < 4.78 is 28.9. The molecular weight excluding hydrogens is 302 g/mol. The Morgan fingerprint density at radius 1 is 1.41 bits per heavy atom. The summed E-state index contributed by atoms with van der Waals surface area (Å²) in [6.07, 6.45) is 3.30. The highest BCUT2D eigenvalue weighted by atomic mass is 32.2. The van der Waals surface area contributed by atoms with Crippen molar-refractivity contribution >= 4 is 21.1 Å². The molecule has 3 heterocycles. The van der Waals surface area contributed by atoms with Crippen molar-refractivity contribution in [2.24, 2.45) is 7.05 Å². The summed E-state index contributed by atoms with van der Waals surface area (Å²) in [5.41, 5.74) is 1.48. The highest BCUT2D eigenvalue weighted by molar-refractivity contribution is 7.89. The third kappa shape index (κ3) is 2.51. The lowest BCUT2D eigenvalue weighted by atomic mass is 10.1. The van der Waals surface area contributed by atoms with E-state index >= 15 is 0 Å². The summed E-state index contributed by atoms with van der Waals surface area (Å²) in [6.45, 7) is 2.92.